The Kier molecular flexibility index (Phi) is 3.50. The van der Waals surface area contributed by atoms with Gasteiger partial charge in [-0.25, -0.2) is 4.98 Å². The lowest BCUT2D eigenvalue weighted by Crippen LogP contribution is -2.33. The molecule has 1 aromatic rings. The molecule has 18 heavy (non-hydrogen) atoms. The summed E-state index contributed by atoms with van der Waals surface area (Å²) in [7, 11) is 0. The van der Waals surface area contributed by atoms with E-state index in [1.165, 1.54) is 10.9 Å². The molecule has 0 radical (unpaired) electrons. The second-order valence-corrected chi connectivity index (χ2v) is 4.42. The first-order valence-corrected chi connectivity index (χ1v) is 5.62. The van der Waals surface area contributed by atoms with E-state index < -0.39 is 31.1 Å². The van der Waals surface area contributed by atoms with Crippen molar-refractivity contribution >= 4 is 23.0 Å². The van der Waals surface area contributed by atoms with Crippen molar-refractivity contribution in [3.8, 4) is 0 Å². The average molecular weight is 274 g/mol. The summed E-state index contributed by atoms with van der Waals surface area (Å²) in [6, 6.07) is 0. The summed E-state index contributed by atoms with van der Waals surface area (Å²) >= 11 is 4.84. The molecule has 2 heterocycles. The molecule has 0 spiro atoms. The molecule has 0 amide bonds. The van der Waals surface area contributed by atoms with E-state index in [0.717, 1.165) is 0 Å². The minimum Gasteiger partial charge on any atom is -0.394 e. The maximum atomic E-state index is 9.87. The molecule has 0 saturated carbocycles. The van der Waals surface area contributed by atoms with E-state index >= 15 is 0 Å². The first-order valence-electron chi connectivity index (χ1n) is 5.22. The number of nitrogens with zero attached hydrogens (tertiary/aromatic N) is 2. The lowest BCUT2D eigenvalue weighted by Gasteiger charge is -2.18. The molecule has 8 nitrogen and oxygen atoms in total. The molecule has 1 aliphatic rings. The topological polar surface area (TPSA) is 140 Å². The summed E-state index contributed by atoms with van der Waals surface area (Å²) in [4.78, 5) is 3.83. The summed E-state index contributed by atoms with van der Waals surface area (Å²) in [5, 5.41) is 28.5. The molecule has 0 bridgehead atoms. The first-order chi connectivity index (χ1) is 8.47. The van der Waals surface area contributed by atoms with Gasteiger partial charge in [0, 0.05) is 0 Å². The number of hydrogen-bond acceptors (Lipinski definition) is 7. The van der Waals surface area contributed by atoms with Crippen LogP contribution in [-0.2, 0) is 4.74 Å². The van der Waals surface area contributed by atoms with Crippen molar-refractivity contribution in [3.63, 3.8) is 0 Å². The van der Waals surface area contributed by atoms with E-state index in [2.05, 4.69) is 4.98 Å². The van der Waals surface area contributed by atoms with Crippen molar-refractivity contribution in [2.45, 2.75) is 24.5 Å². The summed E-state index contributed by atoms with van der Waals surface area (Å²) in [5.74, 6) is 0.111. The van der Waals surface area contributed by atoms with E-state index in [1.54, 1.807) is 0 Å². The molecule has 100 valence electrons. The van der Waals surface area contributed by atoms with Gasteiger partial charge in [0.1, 0.15) is 29.0 Å². The number of aromatic nitrogens is 2. The molecule has 1 aromatic heterocycles. The zero-order chi connectivity index (χ0) is 13.4. The van der Waals surface area contributed by atoms with E-state index in [1.807, 2.05) is 0 Å². The van der Waals surface area contributed by atoms with E-state index in [0.29, 0.717) is 0 Å². The van der Waals surface area contributed by atoms with Gasteiger partial charge in [0.15, 0.2) is 12.0 Å². The van der Waals surface area contributed by atoms with E-state index in [4.69, 9.17) is 33.5 Å². The fourth-order valence-electron chi connectivity index (χ4n) is 1.93. The third-order valence-electron chi connectivity index (χ3n) is 2.85. The Labute approximate surface area is 108 Å². The van der Waals surface area contributed by atoms with Crippen molar-refractivity contribution in [1.29, 1.82) is 0 Å². The number of aliphatic hydroxyl groups excluding tert-OH is 3. The second kappa shape index (κ2) is 4.78. The third kappa shape index (κ3) is 1.95. The second-order valence-electron chi connectivity index (χ2n) is 3.98. The predicted octanol–water partition coefficient (Wildman–Crippen LogP) is -2.29. The zero-order valence-corrected chi connectivity index (χ0v) is 10.1. The highest BCUT2D eigenvalue weighted by Crippen LogP contribution is 2.31. The van der Waals surface area contributed by atoms with Crippen LogP contribution in [0.2, 0.25) is 0 Å². The van der Waals surface area contributed by atoms with Crippen molar-refractivity contribution < 1.29 is 20.1 Å². The molecule has 1 aliphatic heterocycles. The molecule has 0 aromatic carbocycles. The highest BCUT2D eigenvalue weighted by Gasteiger charge is 2.44. The number of hydrogen-bond donors (Lipinski definition) is 5. The number of thiocarbonyl (C=S) groups is 1. The fourth-order valence-corrected chi connectivity index (χ4v) is 2.14. The number of anilines is 1. The largest absolute Gasteiger partial charge is 0.394 e. The number of imidazole rings is 1. The maximum absolute atomic E-state index is 9.87. The van der Waals surface area contributed by atoms with Gasteiger partial charge in [-0.3, -0.25) is 4.57 Å². The average Bonchev–Trinajstić information content (AvgIpc) is 2.82. The SMILES string of the molecule is NC(=S)c1c(N)ncn1[C@@H]1O[C@H](CO)[C@@H](O)[C@H]1O. The monoisotopic (exact) mass is 274 g/mol. The van der Waals surface area contributed by atoms with Crippen LogP contribution in [0.4, 0.5) is 5.82 Å². The molecule has 0 aliphatic carbocycles. The van der Waals surface area contributed by atoms with Crippen LogP contribution in [0.5, 0.6) is 0 Å². The van der Waals surface area contributed by atoms with Crippen LogP contribution in [-0.4, -0.2) is 54.8 Å². The Balaban J connectivity index is 2.36. The van der Waals surface area contributed by atoms with Crippen molar-refractivity contribution in [3.05, 3.63) is 12.0 Å². The number of nitrogens with two attached hydrogens (primary N) is 2. The molecule has 0 unspecified atom stereocenters. The van der Waals surface area contributed by atoms with Crippen LogP contribution in [0.1, 0.15) is 11.9 Å². The number of ether oxygens (including phenoxy) is 1. The van der Waals surface area contributed by atoms with Crippen LogP contribution in [0, 0.1) is 0 Å². The highest BCUT2D eigenvalue weighted by atomic mass is 32.1. The smallest absolute Gasteiger partial charge is 0.164 e. The Hall–Kier alpha value is -1.26. The molecular formula is C9H14N4O4S. The Morgan fingerprint density at radius 3 is 2.67 bits per heavy atom. The standard InChI is InChI=1S/C9H14N4O4S/c10-7-4(8(11)18)13(2-12-7)9-6(16)5(15)3(1-14)17-9/h2-3,5-6,9,14-16H,1,10H2,(H2,11,18)/t3-,5-,6-,9-/m1/s1. The van der Waals surface area contributed by atoms with E-state index in [-0.39, 0.29) is 16.5 Å². The minimum absolute atomic E-state index is 0.00254. The van der Waals surface area contributed by atoms with Gasteiger partial charge in [0.25, 0.3) is 0 Å². The number of nitrogen functional groups attached to an aromatic ring is 1. The van der Waals surface area contributed by atoms with Crippen LogP contribution in [0.25, 0.3) is 0 Å². The molecule has 9 heteroatoms. The summed E-state index contributed by atoms with van der Waals surface area (Å²) < 4.78 is 6.68. The maximum Gasteiger partial charge on any atom is 0.164 e. The zero-order valence-electron chi connectivity index (χ0n) is 9.30. The van der Waals surface area contributed by atoms with Crippen LogP contribution >= 0.6 is 12.2 Å². The van der Waals surface area contributed by atoms with Crippen LogP contribution in [0.15, 0.2) is 6.33 Å². The van der Waals surface area contributed by atoms with Gasteiger partial charge < -0.3 is 31.5 Å². The minimum atomic E-state index is -1.23. The quantitative estimate of drug-likeness (QED) is 0.388. The lowest BCUT2D eigenvalue weighted by atomic mass is 10.1. The molecular weight excluding hydrogens is 260 g/mol. The van der Waals surface area contributed by atoms with Gasteiger partial charge in [-0.1, -0.05) is 12.2 Å². The normalized spacial score (nSPS) is 31.7. The predicted molar refractivity (Wildman–Crippen MR) is 65.5 cm³/mol. The summed E-state index contributed by atoms with van der Waals surface area (Å²) in [6.07, 6.45) is -2.96. The lowest BCUT2D eigenvalue weighted by molar-refractivity contribution is -0.0529. The fraction of sp³-hybridized carbons (Fsp3) is 0.556. The summed E-state index contributed by atoms with van der Waals surface area (Å²) in [5.41, 5.74) is 11.4. The summed E-state index contributed by atoms with van der Waals surface area (Å²) in [6.45, 7) is -0.415. The molecule has 1 fully saturated rings. The highest BCUT2D eigenvalue weighted by molar-refractivity contribution is 7.80. The Morgan fingerprint density at radius 1 is 1.50 bits per heavy atom. The molecule has 4 atom stereocenters. The van der Waals surface area contributed by atoms with Gasteiger partial charge in [-0.15, -0.1) is 0 Å². The Morgan fingerprint density at radius 2 is 2.17 bits per heavy atom. The number of aliphatic hydroxyl groups is 3. The van der Waals surface area contributed by atoms with Gasteiger partial charge in [-0.05, 0) is 0 Å². The van der Waals surface area contributed by atoms with Gasteiger partial charge >= 0.3 is 0 Å². The Bertz CT molecular complexity index is 465. The van der Waals surface area contributed by atoms with Crippen LogP contribution < -0.4 is 11.5 Å². The van der Waals surface area contributed by atoms with Crippen molar-refractivity contribution in [1.82, 2.24) is 9.55 Å². The van der Waals surface area contributed by atoms with Crippen molar-refractivity contribution in [2.24, 2.45) is 5.73 Å². The van der Waals surface area contributed by atoms with Crippen LogP contribution in [0.3, 0.4) is 0 Å². The third-order valence-corrected chi connectivity index (χ3v) is 3.04. The van der Waals surface area contributed by atoms with Gasteiger partial charge in [0.05, 0.1) is 12.9 Å². The van der Waals surface area contributed by atoms with Gasteiger partial charge in [0.2, 0.25) is 0 Å². The molecule has 2 rings (SSSR count). The van der Waals surface area contributed by atoms with Gasteiger partial charge in [-0.2, -0.15) is 0 Å². The van der Waals surface area contributed by atoms with E-state index in [9.17, 15) is 10.2 Å². The number of rotatable bonds is 3. The first kappa shape index (κ1) is 13.2. The molecule has 1 saturated heterocycles. The van der Waals surface area contributed by atoms with Crippen molar-refractivity contribution in [2.75, 3.05) is 12.3 Å². The molecule has 7 N–H and O–H groups in total.